The largest absolute Gasteiger partial charge is 0.294 e. The first kappa shape index (κ1) is 29.5. The summed E-state index contributed by atoms with van der Waals surface area (Å²) in [4.78, 5) is 11.3. The van der Waals surface area contributed by atoms with E-state index >= 15 is 0 Å². The first-order chi connectivity index (χ1) is 22.3. The summed E-state index contributed by atoms with van der Waals surface area (Å²) < 4.78 is 0. The van der Waals surface area contributed by atoms with Crippen LogP contribution in [0.15, 0.2) is 122 Å². The maximum absolute atomic E-state index is 4.78. The van der Waals surface area contributed by atoms with Crippen LogP contribution in [-0.4, -0.2) is 16.7 Å². The van der Waals surface area contributed by atoms with Crippen molar-refractivity contribution >= 4 is 61.8 Å². The van der Waals surface area contributed by atoms with E-state index in [-0.39, 0.29) is 6.71 Å². The molecule has 1 heterocycles. The first-order valence-electron chi connectivity index (χ1n) is 16.0. The number of hydrogen-bond donors (Lipinski definition) is 0. The topological polar surface area (TPSA) is 29.0 Å². The number of aryl methyl sites for hydroxylation is 6. The molecule has 0 bridgehead atoms. The van der Waals surface area contributed by atoms with Gasteiger partial charge in [0.2, 0.25) is 6.71 Å². The number of aromatic nitrogens is 2. The lowest BCUT2D eigenvalue weighted by Crippen LogP contribution is -2.56. The lowest BCUT2D eigenvalue weighted by Gasteiger charge is -2.29. The van der Waals surface area contributed by atoms with Crippen molar-refractivity contribution in [2.75, 3.05) is 4.90 Å². The van der Waals surface area contributed by atoms with Gasteiger partial charge in [-0.15, -0.1) is 0 Å². The maximum Gasteiger partial charge on any atom is 0.243 e. The van der Waals surface area contributed by atoms with Crippen molar-refractivity contribution in [1.82, 2.24) is 9.97 Å². The zero-order valence-corrected chi connectivity index (χ0v) is 27.5. The van der Waals surface area contributed by atoms with Gasteiger partial charge in [-0.05, 0) is 70.5 Å². The van der Waals surface area contributed by atoms with E-state index < -0.39 is 0 Å². The highest BCUT2D eigenvalue weighted by molar-refractivity contribution is 6.98. The molecule has 7 aromatic rings. The number of anilines is 3. The molecule has 0 fully saturated rings. The molecule has 0 atom stereocenters. The smallest absolute Gasteiger partial charge is 0.243 e. The third-order valence-electron chi connectivity index (χ3n) is 9.34. The van der Waals surface area contributed by atoms with Crippen LogP contribution in [0.5, 0.6) is 0 Å². The molecular weight excluding hydrogens is 557 g/mol. The van der Waals surface area contributed by atoms with E-state index in [1.807, 2.05) is 12.3 Å². The summed E-state index contributed by atoms with van der Waals surface area (Å²) >= 11 is 0. The molecule has 3 nitrogen and oxygen atoms in total. The Labute approximate surface area is 272 Å². The number of benzene rings is 6. The molecule has 7 rings (SSSR count). The van der Waals surface area contributed by atoms with Crippen LogP contribution in [-0.2, 0) is 0 Å². The van der Waals surface area contributed by atoms with Crippen LogP contribution in [0.25, 0.3) is 21.5 Å². The quantitative estimate of drug-likeness (QED) is 0.180. The predicted octanol–water partition coefficient (Wildman–Crippen LogP) is 8.62. The van der Waals surface area contributed by atoms with Crippen molar-refractivity contribution in [3.63, 3.8) is 0 Å². The van der Waals surface area contributed by atoms with Gasteiger partial charge in [-0.2, -0.15) is 0 Å². The molecule has 0 saturated carbocycles. The number of hydrogen-bond acceptors (Lipinski definition) is 3. The van der Waals surface area contributed by atoms with Gasteiger partial charge in [-0.3, -0.25) is 4.90 Å². The van der Waals surface area contributed by atoms with Gasteiger partial charge in [0.05, 0.1) is 11.4 Å². The zero-order valence-electron chi connectivity index (χ0n) is 27.5. The Morgan fingerprint density at radius 3 is 1.67 bits per heavy atom. The van der Waals surface area contributed by atoms with Gasteiger partial charge in [-0.25, -0.2) is 9.97 Å². The fraction of sp³-hybridized carbons (Fsp3) is 0.143. The fourth-order valence-corrected chi connectivity index (χ4v) is 7.70. The van der Waals surface area contributed by atoms with Crippen molar-refractivity contribution in [3.8, 4) is 0 Å². The molecule has 6 aromatic carbocycles. The highest BCUT2D eigenvalue weighted by Crippen LogP contribution is 2.40. The SMILES string of the molecule is Cc1cc(C)c(B(c2c(C)cc(C)cc2C)c2ccc(N(c3ccncn3)c3cccc4ccccc34)c3ccccc23)c(C)c1. The Hall–Kier alpha value is -5.22. The van der Waals surface area contributed by atoms with E-state index in [0.717, 1.165) is 17.2 Å². The molecule has 0 aliphatic rings. The Bertz CT molecular complexity index is 2130. The van der Waals surface area contributed by atoms with E-state index in [1.165, 1.54) is 71.3 Å². The van der Waals surface area contributed by atoms with Crippen molar-refractivity contribution in [3.05, 3.63) is 155 Å². The molecule has 224 valence electrons. The average molecular weight is 596 g/mol. The number of rotatable bonds is 6. The molecule has 0 aliphatic carbocycles. The predicted molar refractivity (Wildman–Crippen MR) is 198 cm³/mol. The third-order valence-corrected chi connectivity index (χ3v) is 9.34. The summed E-state index contributed by atoms with van der Waals surface area (Å²) in [5.41, 5.74) is 14.2. The summed E-state index contributed by atoms with van der Waals surface area (Å²) in [7, 11) is 0. The van der Waals surface area contributed by atoms with Gasteiger partial charge in [0.25, 0.3) is 0 Å². The Morgan fingerprint density at radius 2 is 1.07 bits per heavy atom. The second-order valence-electron chi connectivity index (χ2n) is 12.7. The Kier molecular flexibility index (Phi) is 7.66. The average Bonchev–Trinajstić information content (AvgIpc) is 3.04. The highest BCUT2D eigenvalue weighted by atomic mass is 15.2. The van der Waals surface area contributed by atoms with Gasteiger partial charge in [0.15, 0.2) is 0 Å². The van der Waals surface area contributed by atoms with Crippen LogP contribution in [0.4, 0.5) is 17.2 Å². The fourth-order valence-electron chi connectivity index (χ4n) is 7.70. The Balaban J connectivity index is 1.55. The van der Waals surface area contributed by atoms with Crippen LogP contribution in [0, 0.1) is 41.5 Å². The molecule has 0 spiro atoms. The molecular formula is C42H38BN3. The Morgan fingerprint density at radius 1 is 0.522 bits per heavy atom. The standard InChI is InChI=1S/C42H38BN3/c1-27-22-29(3)41(30(4)23-27)43(42-31(5)24-28(2)25-32(42)6)37-18-19-39(36-16-10-9-15-35(36)37)46(40-20-21-44-26-45-40)38-17-11-13-33-12-7-8-14-34(33)38/h7-26H,1-6H3. The molecule has 1 aromatic heterocycles. The van der Waals surface area contributed by atoms with E-state index in [1.54, 1.807) is 6.33 Å². The summed E-state index contributed by atoms with van der Waals surface area (Å²) in [5.74, 6) is 0.830. The van der Waals surface area contributed by atoms with Crippen molar-refractivity contribution in [1.29, 1.82) is 0 Å². The third kappa shape index (κ3) is 5.14. The molecule has 46 heavy (non-hydrogen) atoms. The number of fused-ring (bicyclic) bond motifs is 2. The molecule has 4 heteroatoms. The van der Waals surface area contributed by atoms with Crippen molar-refractivity contribution in [2.24, 2.45) is 0 Å². The first-order valence-corrected chi connectivity index (χ1v) is 16.0. The normalized spacial score (nSPS) is 11.3. The second kappa shape index (κ2) is 11.9. The van der Waals surface area contributed by atoms with Crippen LogP contribution >= 0.6 is 0 Å². The van der Waals surface area contributed by atoms with Crippen LogP contribution in [0.1, 0.15) is 33.4 Å². The van der Waals surface area contributed by atoms with Crippen LogP contribution in [0.3, 0.4) is 0 Å². The minimum atomic E-state index is 0.0743. The summed E-state index contributed by atoms with van der Waals surface area (Å²) in [5, 5.41) is 4.78. The minimum Gasteiger partial charge on any atom is -0.294 e. The van der Waals surface area contributed by atoms with E-state index in [2.05, 4.69) is 155 Å². The van der Waals surface area contributed by atoms with E-state index in [9.17, 15) is 0 Å². The molecule has 0 aliphatic heterocycles. The zero-order chi connectivity index (χ0) is 31.9. The highest BCUT2D eigenvalue weighted by Gasteiger charge is 2.31. The van der Waals surface area contributed by atoms with E-state index in [0.29, 0.717) is 0 Å². The van der Waals surface area contributed by atoms with Gasteiger partial charge in [-0.1, -0.05) is 141 Å². The lowest BCUT2D eigenvalue weighted by atomic mass is 9.33. The summed E-state index contributed by atoms with van der Waals surface area (Å²) in [6.45, 7) is 13.6. The van der Waals surface area contributed by atoms with Gasteiger partial charge >= 0.3 is 0 Å². The molecule has 0 saturated heterocycles. The van der Waals surface area contributed by atoms with Gasteiger partial charge < -0.3 is 0 Å². The van der Waals surface area contributed by atoms with Gasteiger partial charge in [0, 0.05) is 17.0 Å². The second-order valence-corrected chi connectivity index (χ2v) is 12.7. The molecule has 0 radical (unpaired) electrons. The number of nitrogens with zero attached hydrogens (tertiary/aromatic N) is 3. The van der Waals surface area contributed by atoms with Crippen LogP contribution in [0.2, 0.25) is 0 Å². The molecule has 0 amide bonds. The van der Waals surface area contributed by atoms with Crippen LogP contribution < -0.4 is 21.3 Å². The van der Waals surface area contributed by atoms with E-state index in [4.69, 9.17) is 4.98 Å². The van der Waals surface area contributed by atoms with Crippen molar-refractivity contribution in [2.45, 2.75) is 41.5 Å². The molecule has 0 unspecified atom stereocenters. The minimum absolute atomic E-state index is 0.0743. The van der Waals surface area contributed by atoms with Crippen molar-refractivity contribution < 1.29 is 0 Å². The maximum atomic E-state index is 4.78. The van der Waals surface area contributed by atoms with Gasteiger partial charge in [0.1, 0.15) is 12.1 Å². The molecule has 0 N–H and O–H groups in total. The lowest BCUT2D eigenvalue weighted by molar-refractivity contribution is 1.12. The summed E-state index contributed by atoms with van der Waals surface area (Å²) in [6.07, 6.45) is 3.45. The summed E-state index contributed by atoms with van der Waals surface area (Å²) in [6, 6.07) is 39.9. The monoisotopic (exact) mass is 595 g/mol.